The molecule has 0 spiro atoms. The van der Waals surface area contributed by atoms with E-state index in [2.05, 4.69) is 6.07 Å². The van der Waals surface area contributed by atoms with Crippen LogP contribution in [0.4, 0.5) is 13.2 Å². The predicted molar refractivity (Wildman–Crippen MR) is 142 cm³/mol. The molecule has 0 radical (unpaired) electrons. The first-order chi connectivity index (χ1) is 18.6. The highest BCUT2D eigenvalue weighted by molar-refractivity contribution is 6.04. The van der Waals surface area contributed by atoms with Crippen molar-refractivity contribution < 1.29 is 37.7 Å². The summed E-state index contributed by atoms with van der Waals surface area (Å²) in [4.78, 5) is 28.7. The van der Waals surface area contributed by atoms with E-state index in [1.54, 1.807) is 17.0 Å². The number of phenolic OH excluding ortho intramolecular Hbond substituents is 1. The Morgan fingerprint density at radius 3 is 2.38 bits per heavy atom. The summed E-state index contributed by atoms with van der Waals surface area (Å²) in [5.74, 6) is -1.66. The number of nitrogens with zero attached hydrogens (tertiary/aromatic N) is 2. The standard InChI is InChI=1S/C26H34N4O3.C2HF3O2/c1-26(2,3)19-12-18(13-22(24(19)32)33-11-5-4-10-27)21(31)15-30-14-17-8-9-20(16-6-7-16)29-23(17)25(30)28;3-2(4,5)1(6)7/h8-9,12-13,16,28,32H,4-7,10-11,14-15,27H2,1-3H3;(H,6,7). The molecule has 2 aromatic rings. The zero-order valence-corrected chi connectivity index (χ0v) is 22.8. The molecule has 1 aromatic carbocycles. The lowest BCUT2D eigenvalue weighted by molar-refractivity contribution is -0.192. The maximum Gasteiger partial charge on any atom is 0.490 e. The van der Waals surface area contributed by atoms with Crippen LogP contribution < -0.4 is 10.5 Å². The number of pyridine rings is 1. The molecule has 0 atom stereocenters. The molecule has 1 aliphatic heterocycles. The normalized spacial score (nSPS) is 14.9. The van der Waals surface area contributed by atoms with Gasteiger partial charge in [-0.2, -0.15) is 13.2 Å². The van der Waals surface area contributed by atoms with Gasteiger partial charge in [0, 0.05) is 34.8 Å². The molecule has 1 fully saturated rings. The lowest BCUT2D eigenvalue weighted by Gasteiger charge is -2.24. The maximum atomic E-state index is 13.3. The predicted octanol–water partition coefficient (Wildman–Crippen LogP) is 4.74. The summed E-state index contributed by atoms with van der Waals surface area (Å²) in [7, 11) is 0. The third-order valence-corrected chi connectivity index (χ3v) is 6.54. The van der Waals surface area contributed by atoms with Gasteiger partial charge in [0.1, 0.15) is 11.5 Å². The second kappa shape index (κ2) is 12.2. The van der Waals surface area contributed by atoms with E-state index in [9.17, 15) is 23.1 Å². The van der Waals surface area contributed by atoms with Crippen molar-refractivity contribution in [2.75, 3.05) is 19.7 Å². The summed E-state index contributed by atoms with van der Waals surface area (Å²) < 4.78 is 37.6. The SMILES string of the molecule is CC(C)(C)c1cc(C(=O)CN2Cc3ccc(C4CC4)nc3C2=N)cc(OCCCCN)c1O.O=C(O)C(F)(F)F. The molecular formula is C28H35F3N4O5. The van der Waals surface area contributed by atoms with E-state index in [-0.39, 0.29) is 23.5 Å². The number of alkyl halides is 3. The number of ketones is 1. The largest absolute Gasteiger partial charge is 0.504 e. The fraction of sp³-hybridized carbons (Fsp3) is 0.500. The van der Waals surface area contributed by atoms with Gasteiger partial charge in [0.15, 0.2) is 17.3 Å². The van der Waals surface area contributed by atoms with Gasteiger partial charge in [0.2, 0.25) is 0 Å². The first-order valence-corrected chi connectivity index (χ1v) is 13.0. The summed E-state index contributed by atoms with van der Waals surface area (Å²) in [5.41, 5.74) is 9.06. The smallest absolute Gasteiger partial charge is 0.490 e. The van der Waals surface area contributed by atoms with Crippen molar-refractivity contribution in [3.05, 3.63) is 52.3 Å². The number of nitrogens with two attached hydrogens (primary N) is 1. The number of rotatable bonds is 9. The Morgan fingerprint density at radius 1 is 1.18 bits per heavy atom. The monoisotopic (exact) mass is 564 g/mol. The summed E-state index contributed by atoms with van der Waals surface area (Å²) in [6.07, 6.45) is -1.15. The number of fused-ring (bicyclic) bond motifs is 1. The molecule has 1 aliphatic carbocycles. The second-order valence-electron chi connectivity index (χ2n) is 10.9. The van der Waals surface area contributed by atoms with Gasteiger partial charge in [-0.15, -0.1) is 0 Å². The number of hydrogen-bond donors (Lipinski definition) is 4. The Bertz CT molecular complexity index is 1270. The zero-order valence-electron chi connectivity index (χ0n) is 22.8. The number of halogens is 3. The Balaban J connectivity index is 0.000000559. The first-order valence-electron chi connectivity index (χ1n) is 13.0. The van der Waals surface area contributed by atoms with Crippen LogP contribution in [0.1, 0.15) is 85.2 Å². The number of carboxylic acids is 1. The molecule has 12 heteroatoms. The summed E-state index contributed by atoms with van der Waals surface area (Å²) >= 11 is 0. The van der Waals surface area contributed by atoms with E-state index in [1.165, 1.54) is 0 Å². The highest BCUT2D eigenvalue weighted by Gasteiger charge is 2.38. The van der Waals surface area contributed by atoms with Gasteiger partial charge in [0.05, 0.1) is 13.2 Å². The number of Topliss-reactive ketones (excluding diaryl/α,β-unsaturated/α-hetero) is 1. The van der Waals surface area contributed by atoms with Crippen molar-refractivity contribution in [3.8, 4) is 11.5 Å². The number of unbranched alkanes of at least 4 members (excludes halogenated alkanes) is 1. The first kappa shape index (κ1) is 30.9. The number of benzene rings is 1. The number of nitrogens with one attached hydrogen (secondary N) is 1. The molecule has 5 N–H and O–H groups in total. The van der Waals surface area contributed by atoms with Crippen LogP contribution >= 0.6 is 0 Å². The molecule has 2 aliphatic rings. The average Bonchev–Trinajstić information content (AvgIpc) is 3.67. The molecule has 2 heterocycles. The van der Waals surface area contributed by atoms with E-state index in [4.69, 9.17) is 30.8 Å². The molecule has 0 bridgehead atoms. The molecule has 0 saturated heterocycles. The van der Waals surface area contributed by atoms with Gasteiger partial charge in [-0.1, -0.05) is 26.8 Å². The van der Waals surface area contributed by atoms with Crippen LogP contribution in [0.2, 0.25) is 0 Å². The second-order valence-corrected chi connectivity index (χ2v) is 10.9. The minimum absolute atomic E-state index is 0.0740. The molecule has 40 heavy (non-hydrogen) atoms. The highest BCUT2D eigenvalue weighted by atomic mass is 19.4. The van der Waals surface area contributed by atoms with Crippen molar-refractivity contribution >= 4 is 17.6 Å². The van der Waals surface area contributed by atoms with Gasteiger partial charge >= 0.3 is 12.1 Å². The average molecular weight is 565 g/mol. The minimum atomic E-state index is -5.08. The molecule has 0 unspecified atom stereocenters. The molecular weight excluding hydrogens is 529 g/mol. The number of aromatic hydroxyl groups is 1. The number of carboxylic acid groups (broad SMARTS) is 1. The fourth-order valence-corrected chi connectivity index (χ4v) is 4.16. The number of carbonyl (C=O) groups excluding carboxylic acids is 1. The fourth-order valence-electron chi connectivity index (χ4n) is 4.16. The van der Waals surface area contributed by atoms with Crippen molar-refractivity contribution in [2.24, 2.45) is 5.73 Å². The minimum Gasteiger partial charge on any atom is -0.504 e. The van der Waals surface area contributed by atoms with E-state index >= 15 is 0 Å². The van der Waals surface area contributed by atoms with E-state index in [1.807, 2.05) is 26.8 Å². The molecule has 218 valence electrons. The lowest BCUT2D eigenvalue weighted by Crippen LogP contribution is -2.30. The number of amidine groups is 1. The van der Waals surface area contributed by atoms with E-state index in [0.29, 0.717) is 54.0 Å². The van der Waals surface area contributed by atoms with Crippen LogP contribution in [0, 0.1) is 5.41 Å². The summed E-state index contributed by atoms with van der Waals surface area (Å²) in [5, 5.41) is 26.5. The van der Waals surface area contributed by atoms with Crippen LogP contribution in [-0.2, 0) is 16.8 Å². The Kier molecular flexibility index (Phi) is 9.44. The quantitative estimate of drug-likeness (QED) is 0.252. The van der Waals surface area contributed by atoms with Crippen molar-refractivity contribution in [1.82, 2.24) is 9.88 Å². The van der Waals surface area contributed by atoms with Crippen LogP contribution in [0.25, 0.3) is 0 Å². The van der Waals surface area contributed by atoms with E-state index < -0.39 is 12.1 Å². The van der Waals surface area contributed by atoms with Crippen molar-refractivity contribution in [2.45, 2.75) is 70.5 Å². The number of ether oxygens (including phenoxy) is 1. The van der Waals surface area contributed by atoms with Gasteiger partial charge in [-0.25, -0.2) is 9.78 Å². The van der Waals surface area contributed by atoms with Crippen LogP contribution in [0.15, 0.2) is 24.3 Å². The molecule has 1 saturated carbocycles. The number of aromatic nitrogens is 1. The van der Waals surface area contributed by atoms with Crippen LogP contribution in [0.3, 0.4) is 0 Å². The summed E-state index contributed by atoms with van der Waals surface area (Å²) in [6.45, 7) is 7.56. The Hall–Kier alpha value is -3.67. The van der Waals surface area contributed by atoms with E-state index in [0.717, 1.165) is 36.9 Å². The summed E-state index contributed by atoms with van der Waals surface area (Å²) in [6, 6.07) is 7.46. The topological polar surface area (TPSA) is 150 Å². The number of aliphatic carboxylic acids is 1. The third-order valence-electron chi connectivity index (χ3n) is 6.54. The Labute approximate surface area is 230 Å². The van der Waals surface area contributed by atoms with Crippen LogP contribution in [-0.4, -0.2) is 63.6 Å². The Morgan fingerprint density at radius 2 is 1.82 bits per heavy atom. The third kappa shape index (κ3) is 7.71. The maximum absolute atomic E-state index is 13.3. The molecule has 4 rings (SSSR count). The van der Waals surface area contributed by atoms with Crippen molar-refractivity contribution in [3.63, 3.8) is 0 Å². The lowest BCUT2D eigenvalue weighted by atomic mass is 9.84. The number of phenols is 1. The highest BCUT2D eigenvalue weighted by Crippen LogP contribution is 2.40. The molecule has 9 nitrogen and oxygen atoms in total. The van der Waals surface area contributed by atoms with Gasteiger partial charge < -0.3 is 25.6 Å². The molecule has 1 aromatic heterocycles. The van der Waals surface area contributed by atoms with Gasteiger partial charge in [-0.05, 0) is 55.8 Å². The van der Waals surface area contributed by atoms with Crippen molar-refractivity contribution in [1.29, 1.82) is 5.41 Å². The van der Waals surface area contributed by atoms with Gasteiger partial charge in [-0.3, -0.25) is 10.2 Å². The number of carbonyl (C=O) groups is 2. The zero-order chi connectivity index (χ0) is 29.8. The number of hydrogen-bond acceptors (Lipinski definition) is 7. The van der Waals surface area contributed by atoms with Gasteiger partial charge in [0.25, 0.3) is 0 Å². The molecule has 0 amide bonds. The van der Waals surface area contributed by atoms with Crippen LogP contribution in [0.5, 0.6) is 11.5 Å².